The first-order valence-electron chi connectivity index (χ1n) is 9.28. The normalized spacial score (nSPS) is 11.0. The van der Waals surface area contributed by atoms with Gasteiger partial charge in [-0.2, -0.15) is 0 Å². The summed E-state index contributed by atoms with van der Waals surface area (Å²) < 4.78 is 27.5. The van der Waals surface area contributed by atoms with E-state index in [0.717, 1.165) is 0 Å². The lowest BCUT2D eigenvalue weighted by Gasteiger charge is -2.13. The first-order chi connectivity index (χ1) is 14.6. The van der Waals surface area contributed by atoms with E-state index in [1.54, 1.807) is 32.0 Å². The number of rotatable bonds is 8. The number of nitrogens with one attached hydrogen (secondary N) is 3. The maximum absolute atomic E-state index is 12.3. The minimum Gasteiger partial charge on any atom is -0.452 e. The van der Waals surface area contributed by atoms with Gasteiger partial charge in [-0.25, -0.2) is 23.1 Å². The Morgan fingerprint density at radius 2 is 1.68 bits per heavy atom. The van der Waals surface area contributed by atoms with Gasteiger partial charge in [0.25, 0.3) is 5.91 Å². The second-order valence-corrected chi connectivity index (χ2v) is 8.40. The summed E-state index contributed by atoms with van der Waals surface area (Å²) in [5.41, 5.74) is 0.992. The number of carbonyl (C=O) groups is 3. The number of para-hydroxylation sites is 1. The van der Waals surface area contributed by atoms with E-state index in [1.165, 1.54) is 30.3 Å². The number of carbonyl (C=O) groups excluding carboxylic acids is 3. The van der Waals surface area contributed by atoms with Gasteiger partial charge in [0, 0.05) is 12.6 Å². The fourth-order valence-electron chi connectivity index (χ4n) is 2.45. The molecule has 0 saturated heterocycles. The summed E-state index contributed by atoms with van der Waals surface area (Å²) in [5, 5.41) is 12.8. The lowest BCUT2D eigenvalue weighted by Crippen LogP contribution is -2.34. The van der Waals surface area contributed by atoms with E-state index in [1.807, 2.05) is 0 Å². The highest BCUT2D eigenvalue weighted by atomic mass is 32.2. The molecule has 0 aliphatic carbocycles. The summed E-state index contributed by atoms with van der Waals surface area (Å²) in [7, 11) is -3.79. The number of sulfonamides is 1. The third-order valence-corrected chi connectivity index (χ3v) is 4.82. The number of amides is 3. The van der Waals surface area contributed by atoms with Gasteiger partial charge < -0.3 is 20.7 Å². The largest absolute Gasteiger partial charge is 0.452 e. The Hall–Kier alpha value is -3.44. The van der Waals surface area contributed by atoms with E-state index in [9.17, 15) is 22.8 Å². The Balaban J connectivity index is 1.88. The first kappa shape index (κ1) is 23.8. The molecule has 0 bridgehead atoms. The molecule has 166 valence electrons. The van der Waals surface area contributed by atoms with Crippen LogP contribution in [0.3, 0.4) is 0 Å². The lowest BCUT2D eigenvalue weighted by atomic mass is 10.2. The van der Waals surface area contributed by atoms with E-state index in [2.05, 4.69) is 16.0 Å². The zero-order valence-electron chi connectivity index (χ0n) is 17.0. The zero-order chi connectivity index (χ0) is 23.0. The molecule has 0 aliphatic rings. The molecule has 0 radical (unpaired) electrons. The average Bonchev–Trinajstić information content (AvgIpc) is 2.70. The van der Waals surface area contributed by atoms with Gasteiger partial charge in [-0.05, 0) is 43.7 Å². The molecule has 0 fully saturated rings. The molecule has 0 aromatic heterocycles. The van der Waals surface area contributed by atoms with Gasteiger partial charge in [0.2, 0.25) is 10.0 Å². The van der Waals surface area contributed by atoms with Crippen LogP contribution in [-0.4, -0.2) is 39.0 Å². The standard InChI is InChI=1S/C20H24N4O6S/c1-13(2)23-20(27)24-17-6-4-3-5-16(17)19(26)30-12-18(25)22-11-14-7-9-15(10-8-14)31(21,28)29/h3-10,13H,11-12H2,1-2H3,(H,22,25)(H2,21,28,29)(H2,23,24,27). The van der Waals surface area contributed by atoms with E-state index in [-0.39, 0.29) is 28.7 Å². The van der Waals surface area contributed by atoms with Gasteiger partial charge in [0.1, 0.15) is 0 Å². The quantitative estimate of drug-likeness (QED) is 0.446. The van der Waals surface area contributed by atoms with Crippen LogP contribution in [0.4, 0.5) is 10.5 Å². The minimum atomic E-state index is -3.79. The van der Waals surface area contributed by atoms with Crippen molar-refractivity contribution in [2.24, 2.45) is 5.14 Å². The Labute approximate surface area is 180 Å². The molecule has 0 atom stereocenters. The van der Waals surface area contributed by atoms with Gasteiger partial charge >= 0.3 is 12.0 Å². The maximum Gasteiger partial charge on any atom is 0.340 e. The van der Waals surface area contributed by atoms with Crippen molar-refractivity contribution < 1.29 is 27.5 Å². The van der Waals surface area contributed by atoms with Crippen LogP contribution >= 0.6 is 0 Å². The van der Waals surface area contributed by atoms with E-state index in [0.29, 0.717) is 5.56 Å². The van der Waals surface area contributed by atoms with Crippen LogP contribution in [0.25, 0.3) is 0 Å². The number of hydrogen-bond acceptors (Lipinski definition) is 6. The minimum absolute atomic E-state index is 0.0362. The molecule has 3 amide bonds. The molecule has 0 heterocycles. The van der Waals surface area contributed by atoms with E-state index >= 15 is 0 Å². The number of anilines is 1. The molecule has 5 N–H and O–H groups in total. The Morgan fingerprint density at radius 1 is 1.03 bits per heavy atom. The van der Waals surface area contributed by atoms with Crippen molar-refractivity contribution in [2.75, 3.05) is 11.9 Å². The van der Waals surface area contributed by atoms with Gasteiger partial charge in [-0.15, -0.1) is 0 Å². The summed E-state index contributed by atoms with van der Waals surface area (Å²) in [6.45, 7) is 3.18. The second-order valence-electron chi connectivity index (χ2n) is 6.84. The van der Waals surface area contributed by atoms with Gasteiger partial charge in [0.15, 0.2) is 6.61 Å². The van der Waals surface area contributed by atoms with Crippen molar-refractivity contribution in [2.45, 2.75) is 31.3 Å². The highest BCUT2D eigenvalue weighted by Crippen LogP contribution is 2.16. The zero-order valence-corrected chi connectivity index (χ0v) is 17.9. The maximum atomic E-state index is 12.3. The number of benzene rings is 2. The lowest BCUT2D eigenvalue weighted by molar-refractivity contribution is -0.124. The molecular weight excluding hydrogens is 424 g/mol. The van der Waals surface area contributed by atoms with Crippen molar-refractivity contribution in [3.63, 3.8) is 0 Å². The van der Waals surface area contributed by atoms with E-state index in [4.69, 9.17) is 9.88 Å². The van der Waals surface area contributed by atoms with Crippen LogP contribution in [0, 0.1) is 0 Å². The van der Waals surface area contributed by atoms with Gasteiger partial charge in [0.05, 0.1) is 16.1 Å². The predicted octanol–water partition coefficient (Wildman–Crippen LogP) is 1.34. The molecule has 31 heavy (non-hydrogen) atoms. The highest BCUT2D eigenvalue weighted by molar-refractivity contribution is 7.89. The van der Waals surface area contributed by atoms with Crippen molar-refractivity contribution in [1.29, 1.82) is 0 Å². The summed E-state index contributed by atoms with van der Waals surface area (Å²) in [4.78, 5) is 36.2. The molecule has 0 saturated carbocycles. The summed E-state index contributed by atoms with van der Waals surface area (Å²) >= 11 is 0. The summed E-state index contributed by atoms with van der Waals surface area (Å²) in [6, 6.07) is 11.4. The molecule has 0 unspecified atom stereocenters. The summed E-state index contributed by atoms with van der Waals surface area (Å²) in [6.07, 6.45) is 0. The summed E-state index contributed by atoms with van der Waals surface area (Å²) in [5.74, 6) is -1.32. The third kappa shape index (κ3) is 7.72. The monoisotopic (exact) mass is 448 g/mol. The number of primary sulfonamides is 1. The van der Waals surface area contributed by atoms with E-state index < -0.39 is 34.5 Å². The van der Waals surface area contributed by atoms with Crippen LogP contribution in [0.2, 0.25) is 0 Å². The Bertz CT molecular complexity index is 1050. The highest BCUT2D eigenvalue weighted by Gasteiger charge is 2.16. The molecule has 0 aliphatic heterocycles. The molecule has 0 spiro atoms. The van der Waals surface area contributed by atoms with Crippen molar-refractivity contribution in [3.05, 3.63) is 59.7 Å². The smallest absolute Gasteiger partial charge is 0.340 e. The number of esters is 1. The Kier molecular flexibility index (Phi) is 8.11. The fourth-order valence-corrected chi connectivity index (χ4v) is 2.96. The van der Waals surface area contributed by atoms with Crippen LogP contribution in [0.15, 0.2) is 53.4 Å². The Morgan fingerprint density at radius 3 is 2.29 bits per heavy atom. The van der Waals surface area contributed by atoms with Gasteiger partial charge in [-0.1, -0.05) is 24.3 Å². The number of hydrogen-bond donors (Lipinski definition) is 4. The van der Waals surface area contributed by atoms with Crippen LogP contribution in [0.1, 0.15) is 29.8 Å². The van der Waals surface area contributed by atoms with Crippen molar-refractivity contribution in [1.82, 2.24) is 10.6 Å². The topological polar surface area (TPSA) is 157 Å². The van der Waals surface area contributed by atoms with Crippen molar-refractivity contribution in [3.8, 4) is 0 Å². The third-order valence-electron chi connectivity index (χ3n) is 3.89. The van der Waals surface area contributed by atoms with Crippen LogP contribution in [0.5, 0.6) is 0 Å². The van der Waals surface area contributed by atoms with Crippen molar-refractivity contribution >= 4 is 33.6 Å². The molecule has 2 aromatic carbocycles. The van der Waals surface area contributed by atoms with Crippen LogP contribution < -0.4 is 21.1 Å². The second kappa shape index (κ2) is 10.5. The SMILES string of the molecule is CC(C)NC(=O)Nc1ccccc1C(=O)OCC(=O)NCc1ccc(S(N)(=O)=O)cc1. The first-order valence-corrected chi connectivity index (χ1v) is 10.8. The molecule has 2 aromatic rings. The fraction of sp³-hybridized carbons (Fsp3) is 0.250. The number of ether oxygens (including phenoxy) is 1. The van der Waals surface area contributed by atoms with Gasteiger partial charge in [-0.3, -0.25) is 4.79 Å². The molecule has 10 nitrogen and oxygen atoms in total. The predicted molar refractivity (Wildman–Crippen MR) is 114 cm³/mol. The van der Waals surface area contributed by atoms with Crippen LogP contribution in [-0.2, 0) is 26.1 Å². The molecule has 2 rings (SSSR count). The molecular formula is C20H24N4O6S. The number of nitrogens with two attached hydrogens (primary N) is 1. The number of urea groups is 1. The molecule has 11 heteroatoms. The average molecular weight is 449 g/mol.